The highest BCUT2D eigenvalue weighted by Gasteiger charge is 2.23. The molecule has 1 saturated heterocycles. The minimum atomic E-state index is 0.289. The number of fused-ring (bicyclic) bond motifs is 1. The van der Waals surface area contributed by atoms with E-state index in [2.05, 4.69) is 56.0 Å². The van der Waals surface area contributed by atoms with Gasteiger partial charge in [-0.05, 0) is 69.1 Å². The van der Waals surface area contributed by atoms with Crippen LogP contribution in [0.1, 0.15) is 97.4 Å². The fraction of sp³-hybridized carbons (Fsp3) is 0.800. The third-order valence-electron chi connectivity index (χ3n) is 6.81. The zero-order chi connectivity index (χ0) is 23.5. The molecule has 1 aliphatic carbocycles. The lowest BCUT2D eigenvalue weighted by Gasteiger charge is -2.32. The monoisotopic (exact) mass is 477 g/mol. The number of rotatable bonds is 10. The van der Waals surface area contributed by atoms with Crippen LogP contribution < -0.4 is 10.7 Å². The maximum atomic E-state index is 6.24. The highest BCUT2D eigenvalue weighted by molar-refractivity contribution is 6.28. The van der Waals surface area contributed by atoms with Crippen molar-refractivity contribution < 1.29 is 0 Å². The molecule has 0 radical (unpaired) electrons. The van der Waals surface area contributed by atoms with Gasteiger partial charge in [-0.2, -0.15) is 9.97 Å². The summed E-state index contributed by atoms with van der Waals surface area (Å²) in [4.78, 5) is 13.5. The largest absolute Gasteiger partial charge is 0.317 e. The average molecular weight is 478 g/mol. The predicted octanol–water partition coefficient (Wildman–Crippen LogP) is 6.22. The maximum Gasteiger partial charge on any atom is 0.226 e. The molecule has 3 heterocycles. The minimum Gasteiger partial charge on any atom is -0.317 e. The summed E-state index contributed by atoms with van der Waals surface area (Å²) in [6, 6.07) is 0.494. The smallest absolute Gasteiger partial charge is 0.226 e. The van der Waals surface area contributed by atoms with E-state index >= 15 is 0 Å². The highest BCUT2D eigenvalue weighted by Crippen LogP contribution is 2.33. The van der Waals surface area contributed by atoms with Crippen LogP contribution in [-0.4, -0.2) is 50.7 Å². The fourth-order valence-electron chi connectivity index (χ4n) is 4.87. The Balaban J connectivity index is 0.000000383. The Bertz CT molecular complexity index is 806. The van der Waals surface area contributed by atoms with E-state index in [1.165, 1.54) is 83.7 Å². The second-order valence-corrected chi connectivity index (χ2v) is 9.88. The summed E-state index contributed by atoms with van der Waals surface area (Å²) in [5, 5.41) is 5.83. The van der Waals surface area contributed by atoms with Gasteiger partial charge >= 0.3 is 0 Å². The van der Waals surface area contributed by atoms with Crippen LogP contribution in [-0.2, 0) is 0 Å². The number of hydrogen-bond donors (Lipinski definition) is 2. The Kier molecular flexibility index (Phi) is 11.2. The van der Waals surface area contributed by atoms with Crippen LogP contribution in [0.25, 0.3) is 11.2 Å². The van der Waals surface area contributed by atoms with Crippen molar-refractivity contribution in [3.8, 4) is 0 Å². The molecule has 1 aliphatic heterocycles. The third-order valence-corrected chi connectivity index (χ3v) is 6.98. The van der Waals surface area contributed by atoms with Gasteiger partial charge in [0.25, 0.3) is 0 Å². The normalized spacial score (nSPS) is 17.9. The first kappa shape index (κ1) is 26.2. The summed E-state index contributed by atoms with van der Waals surface area (Å²) in [6.07, 6.45) is 15.8. The van der Waals surface area contributed by atoms with Gasteiger partial charge in [-0.1, -0.05) is 52.9 Å². The van der Waals surface area contributed by atoms with E-state index in [0.29, 0.717) is 6.04 Å². The molecule has 186 valence electrons. The van der Waals surface area contributed by atoms with E-state index < -0.39 is 0 Å². The molecule has 0 spiro atoms. The summed E-state index contributed by atoms with van der Waals surface area (Å²) in [7, 11) is 0. The van der Waals surface area contributed by atoms with Gasteiger partial charge < -0.3 is 15.3 Å². The average Bonchev–Trinajstić information content (AvgIpc) is 3.49. The maximum absolute atomic E-state index is 6.24. The zero-order valence-corrected chi connectivity index (χ0v) is 21.7. The van der Waals surface area contributed by atoms with E-state index in [1.54, 1.807) is 0 Å². The molecular formula is C25H44ClN7. The lowest BCUT2D eigenvalue weighted by Crippen LogP contribution is -2.38. The van der Waals surface area contributed by atoms with Gasteiger partial charge in [0.1, 0.15) is 0 Å². The quantitative estimate of drug-likeness (QED) is 0.312. The first-order valence-corrected chi connectivity index (χ1v) is 13.7. The van der Waals surface area contributed by atoms with Crippen LogP contribution in [0.5, 0.6) is 0 Å². The number of hydrogen-bond acceptors (Lipinski definition) is 6. The molecule has 0 amide bonds. The number of aromatic nitrogens is 4. The predicted molar refractivity (Wildman–Crippen MR) is 139 cm³/mol. The van der Waals surface area contributed by atoms with Crippen LogP contribution in [0.15, 0.2) is 6.33 Å². The lowest BCUT2D eigenvalue weighted by atomic mass is 9.92. The van der Waals surface area contributed by atoms with Crippen molar-refractivity contribution in [1.82, 2.24) is 29.8 Å². The molecule has 0 atom stereocenters. The van der Waals surface area contributed by atoms with Crippen LogP contribution >= 0.6 is 11.6 Å². The van der Waals surface area contributed by atoms with Gasteiger partial charge in [-0.15, -0.1) is 0 Å². The first-order chi connectivity index (χ1) is 16.2. The molecule has 2 N–H and O–H groups in total. The van der Waals surface area contributed by atoms with Crippen molar-refractivity contribution in [2.45, 2.75) is 97.4 Å². The molecular weight excluding hydrogens is 434 g/mol. The summed E-state index contributed by atoms with van der Waals surface area (Å²) in [6.45, 7) is 11.1. The Morgan fingerprint density at radius 2 is 1.67 bits per heavy atom. The lowest BCUT2D eigenvalue weighted by molar-refractivity contribution is 0.207. The highest BCUT2D eigenvalue weighted by atomic mass is 35.5. The van der Waals surface area contributed by atoms with Gasteiger partial charge in [0.15, 0.2) is 17.0 Å². The van der Waals surface area contributed by atoms with Crippen LogP contribution in [0.4, 0.5) is 5.82 Å². The molecule has 2 aromatic heterocycles. The van der Waals surface area contributed by atoms with Crippen molar-refractivity contribution >= 4 is 28.6 Å². The SMILES string of the molecule is CCCCC1CCN(Nc2nc(Cl)nc3c2ncn3C2CCCC2)CC1.CCCNCCC. The Labute approximate surface area is 205 Å². The number of halogens is 1. The minimum absolute atomic E-state index is 0.289. The Morgan fingerprint density at radius 3 is 2.30 bits per heavy atom. The number of unbranched alkanes of at least 4 members (excludes halogenated alkanes) is 1. The number of anilines is 1. The number of nitrogens with one attached hydrogen (secondary N) is 2. The van der Waals surface area contributed by atoms with E-state index in [-0.39, 0.29) is 5.28 Å². The molecule has 2 aromatic rings. The topological polar surface area (TPSA) is 70.9 Å². The van der Waals surface area contributed by atoms with Crippen molar-refractivity contribution in [3.05, 3.63) is 11.6 Å². The first-order valence-electron chi connectivity index (χ1n) is 13.3. The number of piperidine rings is 1. The number of imidazole rings is 1. The molecule has 4 rings (SSSR count). The Morgan fingerprint density at radius 1 is 0.970 bits per heavy atom. The summed E-state index contributed by atoms with van der Waals surface area (Å²) >= 11 is 6.24. The molecule has 2 fully saturated rings. The standard InChI is InChI=1S/C19H29ClN6.C6H15N/c1-2-3-6-14-9-11-25(12-10-14)24-17-16-18(23-19(20)22-17)26(13-21-16)15-7-4-5-8-15;1-3-5-7-6-4-2/h13-15H,2-12H2,1H3,(H,22,23,24);7H,3-6H2,1-2H3. The summed E-state index contributed by atoms with van der Waals surface area (Å²) in [5.74, 6) is 1.60. The van der Waals surface area contributed by atoms with Gasteiger partial charge in [-0.25, -0.2) is 9.99 Å². The Hall–Kier alpha value is -1.44. The van der Waals surface area contributed by atoms with E-state index in [1.807, 2.05) is 6.33 Å². The zero-order valence-electron chi connectivity index (χ0n) is 21.0. The molecule has 8 heteroatoms. The fourth-order valence-corrected chi connectivity index (χ4v) is 5.04. The molecule has 7 nitrogen and oxygen atoms in total. The van der Waals surface area contributed by atoms with Crippen molar-refractivity contribution in [2.75, 3.05) is 31.6 Å². The number of hydrazine groups is 1. The molecule has 33 heavy (non-hydrogen) atoms. The molecule has 2 aliphatic rings. The van der Waals surface area contributed by atoms with Gasteiger partial charge in [0.05, 0.1) is 6.33 Å². The van der Waals surface area contributed by atoms with Gasteiger partial charge in [-0.3, -0.25) is 0 Å². The van der Waals surface area contributed by atoms with Crippen LogP contribution in [0, 0.1) is 5.92 Å². The van der Waals surface area contributed by atoms with Crippen molar-refractivity contribution in [1.29, 1.82) is 0 Å². The van der Waals surface area contributed by atoms with Gasteiger partial charge in [0, 0.05) is 19.1 Å². The molecule has 0 unspecified atom stereocenters. The second kappa shape index (κ2) is 14.1. The van der Waals surface area contributed by atoms with Crippen LogP contribution in [0.2, 0.25) is 5.28 Å². The van der Waals surface area contributed by atoms with E-state index in [4.69, 9.17) is 11.6 Å². The van der Waals surface area contributed by atoms with Crippen molar-refractivity contribution in [2.24, 2.45) is 5.92 Å². The molecule has 0 bridgehead atoms. The third kappa shape index (κ3) is 7.79. The number of nitrogens with zero attached hydrogens (tertiary/aromatic N) is 5. The summed E-state index contributed by atoms with van der Waals surface area (Å²) in [5.41, 5.74) is 5.15. The summed E-state index contributed by atoms with van der Waals surface area (Å²) < 4.78 is 2.19. The van der Waals surface area contributed by atoms with E-state index in [9.17, 15) is 0 Å². The van der Waals surface area contributed by atoms with Crippen LogP contribution in [0.3, 0.4) is 0 Å². The molecule has 1 saturated carbocycles. The molecule has 0 aromatic carbocycles. The van der Waals surface area contributed by atoms with Gasteiger partial charge in [0.2, 0.25) is 5.28 Å². The van der Waals surface area contributed by atoms with Crippen molar-refractivity contribution in [3.63, 3.8) is 0 Å². The van der Waals surface area contributed by atoms with E-state index in [0.717, 1.165) is 36.0 Å². The second-order valence-electron chi connectivity index (χ2n) is 9.54.